The molecule has 1 saturated carbocycles. The molecule has 0 aromatic carbocycles. The van der Waals surface area contributed by atoms with Crippen LogP contribution in [-0.2, 0) is 0 Å². The Morgan fingerprint density at radius 1 is 1.28 bits per heavy atom. The van der Waals surface area contributed by atoms with Crippen LogP contribution in [0.2, 0.25) is 0 Å². The van der Waals surface area contributed by atoms with Crippen molar-refractivity contribution in [3.8, 4) is 5.88 Å². The van der Waals surface area contributed by atoms with Crippen LogP contribution in [-0.4, -0.2) is 11.1 Å². The van der Waals surface area contributed by atoms with Crippen LogP contribution in [0, 0.1) is 11.8 Å². The molecule has 2 rings (SSSR count). The molecule has 1 aliphatic carbocycles. The van der Waals surface area contributed by atoms with Gasteiger partial charge in [-0.25, -0.2) is 4.98 Å². The molecule has 1 aromatic rings. The van der Waals surface area contributed by atoms with E-state index in [2.05, 4.69) is 18.8 Å². The van der Waals surface area contributed by atoms with E-state index in [1.165, 1.54) is 6.42 Å². The van der Waals surface area contributed by atoms with Gasteiger partial charge in [-0.3, -0.25) is 0 Å². The second-order valence-corrected chi connectivity index (χ2v) is 5.84. The van der Waals surface area contributed by atoms with Crippen LogP contribution in [0.15, 0.2) is 18.3 Å². The van der Waals surface area contributed by atoms with E-state index in [0.717, 1.165) is 36.1 Å². The Kier molecular flexibility index (Phi) is 4.23. The van der Waals surface area contributed by atoms with E-state index in [9.17, 15) is 0 Å². The fraction of sp³-hybridized carbons (Fsp3) is 0.667. The Morgan fingerprint density at radius 3 is 2.56 bits per heavy atom. The average Bonchev–Trinajstić information content (AvgIpc) is 2.27. The SMILES string of the molecule is CC1CC(C)CC(Oc2ncccc2[C@H](C)N)C1. The van der Waals surface area contributed by atoms with Gasteiger partial charge in [-0.1, -0.05) is 19.9 Å². The second-order valence-electron chi connectivity index (χ2n) is 5.84. The molecule has 1 fully saturated rings. The van der Waals surface area contributed by atoms with Crippen molar-refractivity contribution in [3.05, 3.63) is 23.9 Å². The number of rotatable bonds is 3. The molecule has 3 heteroatoms. The molecule has 2 unspecified atom stereocenters. The van der Waals surface area contributed by atoms with Crippen molar-refractivity contribution in [3.63, 3.8) is 0 Å². The molecule has 0 saturated heterocycles. The van der Waals surface area contributed by atoms with Gasteiger partial charge in [0.2, 0.25) is 5.88 Å². The summed E-state index contributed by atoms with van der Waals surface area (Å²) in [6.45, 7) is 6.57. The van der Waals surface area contributed by atoms with Crippen molar-refractivity contribution in [2.45, 2.75) is 52.2 Å². The van der Waals surface area contributed by atoms with Crippen LogP contribution < -0.4 is 10.5 Å². The van der Waals surface area contributed by atoms with E-state index in [1.807, 2.05) is 19.1 Å². The summed E-state index contributed by atoms with van der Waals surface area (Å²) in [5, 5.41) is 0. The molecule has 1 aromatic heterocycles. The van der Waals surface area contributed by atoms with Crippen LogP contribution in [0.4, 0.5) is 0 Å². The van der Waals surface area contributed by atoms with Gasteiger partial charge in [0.25, 0.3) is 0 Å². The minimum Gasteiger partial charge on any atom is -0.474 e. The highest BCUT2D eigenvalue weighted by Gasteiger charge is 2.26. The third kappa shape index (κ3) is 3.22. The van der Waals surface area contributed by atoms with E-state index in [4.69, 9.17) is 10.5 Å². The maximum atomic E-state index is 6.10. The summed E-state index contributed by atoms with van der Waals surface area (Å²) in [5.74, 6) is 2.20. The smallest absolute Gasteiger partial charge is 0.218 e. The molecule has 0 bridgehead atoms. The summed E-state index contributed by atoms with van der Waals surface area (Å²) < 4.78 is 6.10. The van der Waals surface area contributed by atoms with Crippen LogP contribution in [0.1, 0.15) is 51.6 Å². The van der Waals surface area contributed by atoms with Gasteiger partial charge in [0.15, 0.2) is 0 Å². The molecule has 1 heterocycles. The summed E-state index contributed by atoms with van der Waals surface area (Å²) in [6, 6.07) is 3.88. The van der Waals surface area contributed by atoms with Crippen LogP contribution in [0.3, 0.4) is 0 Å². The molecule has 2 N–H and O–H groups in total. The van der Waals surface area contributed by atoms with Crippen LogP contribution >= 0.6 is 0 Å². The first-order valence-corrected chi connectivity index (χ1v) is 6.93. The van der Waals surface area contributed by atoms with Crippen molar-refractivity contribution >= 4 is 0 Å². The van der Waals surface area contributed by atoms with Crippen LogP contribution in [0.5, 0.6) is 5.88 Å². The molecular formula is C15H24N2O. The lowest BCUT2D eigenvalue weighted by Gasteiger charge is -2.31. The Hall–Kier alpha value is -1.09. The van der Waals surface area contributed by atoms with Crippen molar-refractivity contribution in [2.24, 2.45) is 17.6 Å². The summed E-state index contributed by atoms with van der Waals surface area (Å²) in [5.41, 5.74) is 6.96. The highest BCUT2D eigenvalue weighted by molar-refractivity contribution is 5.28. The van der Waals surface area contributed by atoms with E-state index in [0.29, 0.717) is 0 Å². The number of ether oxygens (including phenoxy) is 1. The number of nitrogens with two attached hydrogens (primary N) is 1. The molecule has 0 amide bonds. The number of nitrogens with zero attached hydrogens (tertiary/aromatic N) is 1. The fourth-order valence-electron chi connectivity index (χ4n) is 2.98. The van der Waals surface area contributed by atoms with Gasteiger partial charge in [-0.05, 0) is 44.1 Å². The van der Waals surface area contributed by atoms with E-state index < -0.39 is 0 Å². The lowest BCUT2D eigenvalue weighted by atomic mass is 9.82. The standard InChI is InChI=1S/C15H24N2O/c1-10-7-11(2)9-13(8-10)18-15-14(12(3)16)5-4-6-17-15/h4-6,10-13H,7-9,16H2,1-3H3/t10?,11?,12-,13?/m0/s1. The molecule has 0 spiro atoms. The van der Waals surface area contributed by atoms with Gasteiger partial charge in [-0.15, -0.1) is 0 Å². The van der Waals surface area contributed by atoms with Gasteiger partial charge in [-0.2, -0.15) is 0 Å². The fourth-order valence-corrected chi connectivity index (χ4v) is 2.98. The summed E-state index contributed by atoms with van der Waals surface area (Å²) in [4.78, 5) is 4.34. The normalized spacial score (nSPS) is 29.9. The van der Waals surface area contributed by atoms with Gasteiger partial charge in [0, 0.05) is 17.8 Å². The first-order valence-electron chi connectivity index (χ1n) is 6.93. The number of aromatic nitrogens is 1. The number of hydrogen-bond donors (Lipinski definition) is 1. The summed E-state index contributed by atoms with van der Waals surface area (Å²) in [7, 11) is 0. The van der Waals surface area contributed by atoms with Crippen molar-refractivity contribution in [1.29, 1.82) is 0 Å². The second kappa shape index (κ2) is 5.70. The average molecular weight is 248 g/mol. The number of pyridine rings is 1. The predicted octanol–water partition coefficient (Wildman–Crippen LogP) is 3.30. The van der Waals surface area contributed by atoms with Crippen molar-refractivity contribution < 1.29 is 4.74 Å². The van der Waals surface area contributed by atoms with E-state index in [-0.39, 0.29) is 12.1 Å². The van der Waals surface area contributed by atoms with Crippen LogP contribution in [0.25, 0.3) is 0 Å². The lowest BCUT2D eigenvalue weighted by molar-refractivity contribution is 0.0954. The molecule has 0 radical (unpaired) electrons. The predicted molar refractivity (Wildman–Crippen MR) is 73.4 cm³/mol. The first-order chi connectivity index (χ1) is 8.56. The Morgan fingerprint density at radius 2 is 1.94 bits per heavy atom. The van der Waals surface area contributed by atoms with Crippen molar-refractivity contribution in [2.75, 3.05) is 0 Å². The largest absolute Gasteiger partial charge is 0.474 e. The maximum absolute atomic E-state index is 6.10. The van der Waals surface area contributed by atoms with E-state index in [1.54, 1.807) is 6.20 Å². The monoisotopic (exact) mass is 248 g/mol. The third-order valence-electron chi connectivity index (χ3n) is 3.70. The molecular weight excluding hydrogens is 224 g/mol. The molecule has 100 valence electrons. The van der Waals surface area contributed by atoms with Gasteiger partial charge in [0.1, 0.15) is 6.10 Å². The topological polar surface area (TPSA) is 48.1 Å². The minimum atomic E-state index is -0.0351. The van der Waals surface area contributed by atoms with E-state index >= 15 is 0 Å². The van der Waals surface area contributed by atoms with Gasteiger partial charge >= 0.3 is 0 Å². The van der Waals surface area contributed by atoms with Gasteiger partial charge in [0.05, 0.1) is 0 Å². The Labute approximate surface area is 110 Å². The lowest BCUT2D eigenvalue weighted by Crippen LogP contribution is -2.29. The molecule has 0 aliphatic heterocycles. The molecule has 1 aliphatic rings. The molecule has 18 heavy (non-hydrogen) atoms. The van der Waals surface area contributed by atoms with Crippen molar-refractivity contribution in [1.82, 2.24) is 4.98 Å². The first kappa shape index (κ1) is 13.3. The molecule has 3 atom stereocenters. The highest BCUT2D eigenvalue weighted by Crippen LogP contribution is 2.32. The zero-order chi connectivity index (χ0) is 13.1. The third-order valence-corrected chi connectivity index (χ3v) is 3.70. The maximum Gasteiger partial charge on any atom is 0.218 e. The highest BCUT2D eigenvalue weighted by atomic mass is 16.5. The molecule has 3 nitrogen and oxygen atoms in total. The quantitative estimate of drug-likeness (QED) is 0.892. The zero-order valence-electron chi connectivity index (χ0n) is 11.6. The zero-order valence-corrected chi connectivity index (χ0v) is 11.6. The summed E-state index contributed by atoms with van der Waals surface area (Å²) >= 11 is 0. The number of hydrogen-bond acceptors (Lipinski definition) is 3. The Balaban J connectivity index is 2.09. The minimum absolute atomic E-state index is 0.0351. The van der Waals surface area contributed by atoms with Gasteiger partial charge < -0.3 is 10.5 Å². The summed E-state index contributed by atoms with van der Waals surface area (Å²) in [6.07, 6.45) is 5.62. The Bertz CT molecular complexity index is 382.